The van der Waals surface area contributed by atoms with Crippen LogP contribution >= 0.6 is 0 Å². The van der Waals surface area contributed by atoms with Gasteiger partial charge >= 0.3 is 0 Å². The highest BCUT2D eigenvalue weighted by Gasteiger charge is 2.30. The molecule has 8 heteroatoms. The minimum atomic E-state index is -1.27. The van der Waals surface area contributed by atoms with Crippen LogP contribution in [0, 0.1) is 17.5 Å². The molecule has 1 aromatic carbocycles. The maximum Gasteiger partial charge on any atom is 0.242 e. The van der Waals surface area contributed by atoms with Crippen LogP contribution in [0.3, 0.4) is 0 Å². The lowest BCUT2D eigenvalue weighted by atomic mass is 10.0. The molecule has 1 aliphatic heterocycles. The van der Waals surface area contributed by atoms with Crippen LogP contribution in [0.4, 0.5) is 13.2 Å². The fourth-order valence-electron chi connectivity index (χ4n) is 3.38. The van der Waals surface area contributed by atoms with E-state index < -0.39 is 23.5 Å². The number of nitrogens with two attached hydrogens (primary N) is 1. The van der Waals surface area contributed by atoms with Crippen molar-refractivity contribution >= 4 is 11.8 Å². The molecule has 0 radical (unpaired) electrons. The third-order valence-electron chi connectivity index (χ3n) is 4.86. The Kier molecular flexibility index (Phi) is 7.09. The zero-order valence-electron chi connectivity index (χ0n) is 16.6. The largest absolute Gasteiger partial charge is 0.336 e. The molecular weight excluding hydrogens is 371 g/mol. The third-order valence-corrected chi connectivity index (χ3v) is 4.86. The van der Waals surface area contributed by atoms with Gasteiger partial charge in [-0.2, -0.15) is 0 Å². The quantitative estimate of drug-likeness (QED) is 0.792. The summed E-state index contributed by atoms with van der Waals surface area (Å²) >= 11 is 0. The van der Waals surface area contributed by atoms with E-state index in [4.69, 9.17) is 5.73 Å². The van der Waals surface area contributed by atoms with Crippen molar-refractivity contribution in [3.63, 3.8) is 0 Å². The molecular formula is C20H28F3N3O2. The molecule has 0 bridgehead atoms. The van der Waals surface area contributed by atoms with Gasteiger partial charge in [0.05, 0.1) is 6.54 Å². The zero-order chi connectivity index (χ0) is 21.1. The molecule has 1 heterocycles. The molecule has 2 amide bonds. The van der Waals surface area contributed by atoms with Gasteiger partial charge < -0.3 is 15.5 Å². The number of hydrogen-bond acceptors (Lipinski definition) is 3. The van der Waals surface area contributed by atoms with E-state index in [1.807, 2.05) is 20.8 Å². The Morgan fingerprint density at radius 1 is 1.11 bits per heavy atom. The topological polar surface area (TPSA) is 66.6 Å². The fraction of sp³-hybridized carbons (Fsp3) is 0.600. The third kappa shape index (κ3) is 5.70. The number of rotatable bonds is 4. The standard InChI is InChI=1S/C20H28F3N3O2/c1-20(2,3)26-7-5-4-6-25(12-19(26)28)18(27)10-14(24)8-13-9-16(22)17(23)11-15(13)21/h9,11,14H,4-8,10,12,24H2,1-3H3/t14-/m1/s1. The molecule has 1 atom stereocenters. The summed E-state index contributed by atoms with van der Waals surface area (Å²) in [5.74, 6) is -3.76. The number of halogens is 3. The Balaban J connectivity index is 2.01. The molecule has 2 rings (SSSR count). The van der Waals surface area contributed by atoms with Crippen LogP contribution in [0.5, 0.6) is 0 Å². The SMILES string of the molecule is CC(C)(C)N1CCCCN(C(=O)C[C@H](N)Cc2cc(F)c(F)cc2F)CC1=O. The van der Waals surface area contributed by atoms with E-state index in [0.29, 0.717) is 19.2 Å². The van der Waals surface area contributed by atoms with Gasteiger partial charge in [0.2, 0.25) is 11.8 Å². The molecule has 0 aliphatic carbocycles. The second-order valence-electron chi connectivity index (χ2n) is 8.26. The molecule has 1 aromatic rings. The van der Waals surface area contributed by atoms with E-state index in [-0.39, 0.29) is 42.3 Å². The molecule has 2 N–H and O–H groups in total. The van der Waals surface area contributed by atoms with Crippen molar-refractivity contribution in [1.29, 1.82) is 0 Å². The molecule has 5 nitrogen and oxygen atoms in total. The zero-order valence-corrected chi connectivity index (χ0v) is 16.6. The summed E-state index contributed by atoms with van der Waals surface area (Å²) in [6.45, 7) is 6.93. The van der Waals surface area contributed by atoms with Crippen molar-refractivity contribution in [2.75, 3.05) is 19.6 Å². The number of hydrogen-bond donors (Lipinski definition) is 1. The first kappa shape index (κ1) is 22.2. The highest BCUT2D eigenvalue weighted by molar-refractivity contribution is 5.85. The summed E-state index contributed by atoms with van der Waals surface area (Å²) in [7, 11) is 0. The Morgan fingerprint density at radius 3 is 2.36 bits per heavy atom. The highest BCUT2D eigenvalue weighted by atomic mass is 19.2. The van der Waals surface area contributed by atoms with Gasteiger partial charge in [0.25, 0.3) is 0 Å². The highest BCUT2D eigenvalue weighted by Crippen LogP contribution is 2.19. The molecule has 1 fully saturated rings. The Morgan fingerprint density at radius 2 is 1.71 bits per heavy atom. The van der Waals surface area contributed by atoms with Gasteiger partial charge in [-0.25, -0.2) is 13.2 Å². The molecule has 1 saturated heterocycles. The number of carbonyl (C=O) groups is 2. The normalized spacial score (nSPS) is 17.3. The van der Waals surface area contributed by atoms with Gasteiger partial charge in [-0.1, -0.05) is 0 Å². The van der Waals surface area contributed by atoms with E-state index >= 15 is 0 Å². The van der Waals surface area contributed by atoms with Crippen LogP contribution in [0.2, 0.25) is 0 Å². The van der Waals surface area contributed by atoms with Crippen LogP contribution in [0.15, 0.2) is 12.1 Å². The van der Waals surface area contributed by atoms with Crippen molar-refractivity contribution in [3.8, 4) is 0 Å². The number of benzene rings is 1. The average Bonchev–Trinajstić information content (AvgIpc) is 2.54. The van der Waals surface area contributed by atoms with Gasteiger partial charge in [-0.3, -0.25) is 9.59 Å². The van der Waals surface area contributed by atoms with E-state index in [9.17, 15) is 22.8 Å². The van der Waals surface area contributed by atoms with Gasteiger partial charge in [0.15, 0.2) is 11.6 Å². The molecule has 156 valence electrons. The van der Waals surface area contributed by atoms with E-state index in [1.165, 1.54) is 4.90 Å². The Bertz CT molecular complexity index is 734. The van der Waals surface area contributed by atoms with Crippen LogP contribution in [0.1, 0.15) is 45.6 Å². The minimum absolute atomic E-state index is 0.0254. The predicted molar refractivity (Wildman–Crippen MR) is 99.9 cm³/mol. The van der Waals surface area contributed by atoms with Crippen molar-refractivity contribution in [2.24, 2.45) is 5.73 Å². The lowest BCUT2D eigenvalue weighted by Gasteiger charge is -2.39. The molecule has 1 aliphatic rings. The molecule has 28 heavy (non-hydrogen) atoms. The summed E-state index contributed by atoms with van der Waals surface area (Å²) in [6.07, 6.45) is 1.34. The number of carbonyl (C=O) groups excluding carboxylic acids is 2. The van der Waals surface area contributed by atoms with Crippen molar-refractivity contribution < 1.29 is 22.8 Å². The summed E-state index contributed by atoms with van der Waals surface area (Å²) in [4.78, 5) is 28.5. The predicted octanol–water partition coefficient (Wildman–Crippen LogP) is 2.61. The summed E-state index contributed by atoms with van der Waals surface area (Å²) in [5, 5.41) is 0. The monoisotopic (exact) mass is 399 g/mol. The maximum atomic E-state index is 13.8. The first-order chi connectivity index (χ1) is 13.0. The number of amides is 2. The second-order valence-corrected chi connectivity index (χ2v) is 8.26. The van der Waals surface area contributed by atoms with Gasteiger partial charge in [-0.15, -0.1) is 0 Å². The van der Waals surface area contributed by atoms with Crippen molar-refractivity contribution in [3.05, 3.63) is 35.1 Å². The van der Waals surface area contributed by atoms with E-state index in [2.05, 4.69) is 0 Å². The van der Waals surface area contributed by atoms with Crippen LogP contribution < -0.4 is 5.73 Å². The minimum Gasteiger partial charge on any atom is -0.336 e. The van der Waals surface area contributed by atoms with E-state index in [0.717, 1.165) is 18.9 Å². The first-order valence-electron chi connectivity index (χ1n) is 9.46. The van der Waals surface area contributed by atoms with Gasteiger partial charge in [0, 0.05) is 37.2 Å². The first-order valence-corrected chi connectivity index (χ1v) is 9.46. The second kappa shape index (κ2) is 8.94. The fourth-order valence-corrected chi connectivity index (χ4v) is 3.38. The van der Waals surface area contributed by atoms with Crippen molar-refractivity contribution in [1.82, 2.24) is 9.80 Å². The van der Waals surface area contributed by atoms with Crippen LogP contribution in [-0.4, -0.2) is 52.8 Å². The summed E-state index contributed by atoms with van der Waals surface area (Å²) in [6, 6.07) is 0.457. The Hall–Kier alpha value is -2.09. The van der Waals surface area contributed by atoms with Gasteiger partial charge in [0.1, 0.15) is 5.82 Å². The lowest BCUT2D eigenvalue weighted by Crippen LogP contribution is -2.53. The average molecular weight is 399 g/mol. The Labute approximate surface area is 163 Å². The maximum absolute atomic E-state index is 13.8. The van der Waals surface area contributed by atoms with Gasteiger partial charge in [-0.05, 0) is 51.7 Å². The smallest absolute Gasteiger partial charge is 0.242 e. The van der Waals surface area contributed by atoms with E-state index in [1.54, 1.807) is 4.90 Å². The molecule has 0 aromatic heterocycles. The molecule has 0 spiro atoms. The number of nitrogens with zero attached hydrogens (tertiary/aromatic N) is 2. The molecule has 0 unspecified atom stereocenters. The lowest BCUT2D eigenvalue weighted by molar-refractivity contribution is -0.145. The van der Waals surface area contributed by atoms with Crippen molar-refractivity contribution in [2.45, 2.75) is 58.0 Å². The molecule has 0 saturated carbocycles. The summed E-state index contributed by atoms with van der Waals surface area (Å²) < 4.78 is 40.1. The summed E-state index contributed by atoms with van der Waals surface area (Å²) in [5.41, 5.74) is 5.53. The van der Waals surface area contributed by atoms with Crippen LogP contribution in [-0.2, 0) is 16.0 Å². The van der Waals surface area contributed by atoms with Crippen LogP contribution in [0.25, 0.3) is 0 Å².